The largest absolute Gasteiger partial charge is 0.497 e. The van der Waals surface area contributed by atoms with E-state index < -0.39 is 0 Å². The van der Waals surface area contributed by atoms with Crippen LogP contribution in [0.3, 0.4) is 0 Å². The second kappa shape index (κ2) is 6.72. The van der Waals surface area contributed by atoms with Gasteiger partial charge in [0.25, 0.3) is 0 Å². The number of hydrogen-bond donors (Lipinski definition) is 1. The number of ether oxygens (including phenoxy) is 1. The molecule has 0 aliphatic rings. The topological polar surface area (TPSA) is 73.9 Å². The number of nitrogens with two attached hydrogens (primary N) is 1. The van der Waals surface area contributed by atoms with Gasteiger partial charge in [-0.1, -0.05) is 12.1 Å². The highest BCUT2D eigenvalue weighted by molar-refractivity contribution is 7.22. The average Bonchev–Trinajstić information content (AvgIpc) is 2.98. The summed E-state index contributed by atoms with van der Waals surface area (Å²) >= 11 is 1.68. The molecule has 0 amide bonds. The second-order valence-corrected chi connectivity index (χ2v) is 7.11. The van der Waals surface area contributed by atoms with Crippen LogP contribution in [0.4, 0.5) is 5.95 Å². The van der Waals surface area contributed by atoms with E-state index in [1.165, 1.54) is 16.5 Å². The summed E-state index contributed by atoms with van der Waals surface area (Å²) in [7, 11) is 1.68. The van der Waals surface area contributed by atoms with E-state index in [2.05, 4.69) is 34.0 Å². The fourth-order valence-corrected chi connectivity index (χ4v) is 4.13. The van der Waals surface area contributed by atoms with Gasteiger partial charge in [-0.3, -0.25) is 4.98 Å². The van der Waals surface area contributed by atoms with E-state index >= 15 is 0 Å². The van der Waals surface area contributed by atoms with Crippen LogP contribution in [0.15, 0.2) is 48.8 Å². The van der Waals surface area contributed by atoms with E-state index in [4.69, 9.17) is 10.5 Å². The van der Waals surface area contributed by atoms with Crippen LogP contribution < -0.4 is 10.5 Å². The lowest BCUT2D eigenvalue weighted by Gasteiger charge is -2.05. The molecule has 4 rings (SSSR count). The van der Waals surface area contributed by atoms with Crippen molar-refractivity contribution < 1.29 is 4.74 Å². The van der Waals surface area contributed by atoms with Gasteiger partial charge in [-0.05, 0) is 47.7 Å². The molecule has 130 valence electrons. The summed E-state index contributed by atoms with van der Waals surface area (Å²) in [4.78, 5) is 14.1. The molecule has 3 aromatic heterocycles. The van der Waals surface area contributed by atoms with Gasteiger partial charge in [-0.25, -0.2) is 9.97 Å². The van der Waals surface area contributed by atoms with Crippen LogP contribution in [0, 0.1) is 6.92 Å². The highest BCUT2D eigenvalue weighted by Crippen LogP contribution is 2.37. The van der Waals surface area contributed by atoms with Crippen molar-refractivity contribution in [1.82, 2.24) is 15.0 Å². The molecule has 0 aliphatic heterocycles. The lowest BCUT2D eigenvalue weighted by atomic mass is 10.1. The van der Waals surface area contributed by atoms with Crippen molar-refractivity contribution in [1.29, 1.82) is 0 Å². The Kier molecular flexibility index (Phi) is 4.26. The highest BCUT2D eigenvalue weighted by Gasteiger charge is 2.13. The number of methoxy groups -OCH3 is 1. The predicted octanol–water partition coefficient (Wildman–Crippen LogP) is 4.24. The number of nitrogens with zero attached hydrogens (tertiary/aromatic N) is 3. The van der Waals surface area contributed by atoms with Gasteiger partial charge in [0.05, 0.1) is 22.4 Å². The van der Waals surface area contributed by atoms with Crippen LogP contribution >= 0.6 is 11.3 Å². The molecule has 1 aromatic carbocycles. The molecular formula is C20H18N4OS. The fourth-order valence-electron chi connectivity index (χ4n) is 3.00. The molecule has 3 heterocycles. The van der Waals surface area contributed by atoms with Crippen molar-refractivity contribution in [3.05, 3.63) is 65.6 Å². The minimum Gasteiger partial charge on any atom is -0.497 e. The number of anilines is 1. The third kappa shape index (κ3) is 3.11. The number of aryl methyl sites for hydroxylation is 1. The number of benzene rings is 1. The van der Waals surface area contributed by atoms with Crippen LogP contribution in [0.2, 0.25) is 0 Å². The molecule has 0 bridgehead atoms. The molecule has 0 atom stereocenters. The number of aromatic nitrogens is 3. The van der Waals surface area contributed by atoms with Gasteiger partial charge < -0.3 is 10.5 Å². The normalized spacial score (nSPS) is 11.0. The van der Waals surface area contributed by atoms with E-state index in [0.717, 1.165) is 33.1 Å². The van der Waals surface area contributed by atoms with Gasteiger partial charge in [-0.15, -0.1) is 11.3 Å². The number of nitrogen functional groups attached to an aromatic ring is 1. The molecule has 0 aliphatic carbocycles. The van der Waals surface area contributed by atoms with Gasteiger partial charge in [-0.2, -0.15) is 0 Å². The van der Waals surface area contributed by atoms with Gasteiger partial charge in [0.15, 0.2) is 0 Å². The third-order valence-electron chi connectivity index (χ3n) is 4.31. The molecule has 5 nitrogen and oxygen atoms in total. The molecule has 6 heteroatoms. The van der Waals surface area contributed by atoms with Crippen LogP contribution in [-0.2, 0) is 6.42 Å². The summed E-state index contributed by atoms with van der Waals surface area (Å²) in [6, 6.07) is 12.1. The van der Waals surface area contributed by atoms with Gasteiger partial charge in [0.2, 0.25) is 5.95 Å². The summed E-state index contributed by atoms with van der Waals surface area (Å²) in [6.45, 7) is 2.11. The highest BCUT2D eigenvalue weighted by atomic mass is 32.1. The Balaban J connectivity index is 1.72. The first-order valence-electron chi connectivity index (χ1n) is 8.24. The summed E-state index contributed by atoms with van der Waals surface area (Å²) in [5.41, 5.74) is 9.98. The lowest BCUT2D eigenvalue weighted by Crippen LogP contribution is -1.94. The summed E-state index contributed by atoms with van der Waals surface area (Å²) in [5, 5.41) is 1.20. The Bertz CT molecular complexity index is 1090. The van der Waals surface area contributed by atoms with Gasteiger partial charge in [0, 0.05) is 24.5 Å². The Hall–Kier alpha value is -2.99. The quantitative estimate of drug-likeness (QED) is 0.588. The van der Waals surface area contributed by atoms with Crippen molar-refractivity contribution in [2.75, 3.05) is 12.8 Å². The molecule has 0 radical (unpaired) electrons. The standard InChI is InChI=1S/C20H18N4OS/c1-12-16-10-14(8-13-4-3-5-15(9-13)25-2)23-11-18(16)26-19(12)17-6-7-22-20(21)24-17/h3-7,9-11H,8H2,1-2H3,(H2,21,22,24). The Morgan fingerprint density at radius 1 is 1.15 bits per heavy atom. The van der Waals surface area contributed by atoms with Crippen molar-refractivity contribution >= 4 is 27.4 Å². The van der Waals surface area contributed by atoms with Crippen molar-refractivity contribution in [3.63, 3.8) is 0 Å². The molecule has 0 fully saturated rings. The molecule has 0 unspecified atom stereocenters. The van der Waals surface area contributed by atoms with Crippen LogP contribution in [0.25, 0.3) is 20.7 Å². The summed E-state index contributed by atoms with van der Waals surface area (Å²) < 4.78 is 6.45. The number of fused-ring (bicyclic) bond motifs is 1. The van der Waals surface area contributed by atoms with E-state index in [9.17, 15) is 0 Å². The minimum atomic E-state index is 0.288. The van der Waals surface area contributed by atoms with Crippen LogP contribution in [0.1, 0.15) is 16.8 Å². The maximum absolute atomic E-state index is 5.73. The zero-order chi connectivity index (χ0) is 18.1. The first-order chi connectivity index (χ1) is 12.6. The van der Waals surface area contributed by atoms with E-state index in [-0.39, 0.29) is 5.95 Å². The Morgan fingerprint density at radius 2 is 2.04 bits per heavy atom. The average molecular weight is 362 g/mol. The molecule has 0 spiro atoms. The molecule has 0 saturated heterocycles. The van der Waals surface area contributed by atoms with Crippen molar-refractivity contribution in [3.8, 4) is 16.3 Å². The van der Waals surface area contributed by atoms with Gasteiger partial charge >= 0.3 is 0 Å². The molecule has 4 aromatic rings. The lowest BCUT2D eigenvalue weighted by molar-refractivity contribution is 0.414. The number of rotatable bonds is 4. The minimum absolute atomic E-state index is 0.288. The fraction of sp³-hybridized carbons (Fsp3) is 0.150. The zero-order valence-electron chi connectivity index (χ0n) is 14.6. The zero-order valence-corrected chi connectivity index (χ0v) is 15.4. The molecule has 0 saturated carbocycles. The first-order valence-corrected chi connectivity index (χ1v) is 9.05. The van der Waals surface area contributed by atoms with E-state index in [0.29, 0.717) is 0 Å². The maximum Gasteiger partial charge on any atom is 0.220 e. The summed E-state index contributed by atoms with van der Waals surface area (Å²) in [6.07, 6.45) is 4.39. The molecular weight excluding hydrogens is 344 g/mol. The monoisotopic (exact) mass is 362 g/mol. The third-order valence-corrected chi connectivity index (χ3v) is 5.57. The first kappa shape index (κ1) is 16.5. The van der Waals surface area contributed by atoms with Crippen molar-refractivity contribution in [2.45, 2.75) is 13.3 Å². The maximum atomic E-state index is 5.73. The summed E-state index contributed by atoms with van der Waals surface area (Å²) in [5.74, 6) is 1.15. The number of pyridine rings is 1. The SMILES string of the molecule is COc1cccc(Cc2cc3c(C)c(-c4ccnc(N)n4)sc3cn2)c1. The molecule has 2 N–H and O–H groups in total. The molecule has 26 heavy (non-hydrogen) atoms. The van der Waals surface area contributed by atoms with Gasteiger partial charge in [0.1, 0.15) is 5.75 Å². The van der Waals surface area contributed by atoms with Crippen molar-refractivity contribution in [2.24, 2.45) is 0 Å². The Labute approximate surface area is 155 Å². The second-order valence-electron chi connectivity index (χ2n) is 6.06. The smallest absolute Gasteiger partial charge is 0.220 e. The number of thiophene rings is 1. The van der Waals surface area contributed by atoms with E-state index in [1.807, 2.05) is 30.5 Å². The van der Waals surface area contributed by atoms with Crippen LogP contribution in [-0.4, -0.2) is 22.1 Å². The van der Waals surface area contributed by atoms with Crippen LogP contribution in [0.5, 0.6) is 5.75 Å². The number of hydrogen-bond acceptors (Lipinski definition) is 6. The van der Waals surface area contributed by atoms with E-state index in [1.54, 1.807) is 24.6 Å². The Morgan fingerprint density at radius 3 is 2.85 bits per heavy atom. The predicted molar refractivity (Wildman–Crippen MR) is 106 cm³/mol.